The summed E-state index contributed by atoms with van der Waals surface area (Å²) in [6.45, 7) is 0. The summed E-state index contributed by atoms with van der Waals surface area (Å²) in [5.41, 5.74) is -2.37. The summed E-state index contributed by atoms with van der Waals surface area (Å²) < 4.78 is 43.0. The number of rotatable bonds is 5. The van der Waals surface area contributed by atoms with Crippen molar-refractivity contribution < 1.29 is 22.8 Å². The summed E-state index contributed by atoms with van der Waals surface area (Å²) in [4.78, 5) is 30.9. The van der Waals surface area contributed by atoms with Gasteiger partial charge in [-0.1, -0.05) is 73.5 Å². The van der Waals surface area contributed by atoms with E-state index in [2.05, 4.69) is 4.99 Å². The van der Waals surface area contributed by atoms with E-state index in [1.165, 1.54) is 0 Å². The van der Waals surface area contributed by atoms with Crippen LogP contribution in [0.25, 0.3) is 0 Å². The Morgan fingerprint density at radius 1 is 1.03 bits per heavy atom. The number of alkyl halides is 3. The number of carbonyl (C=O) groups is 2. The third-order valence-electron chi connectivity index (χ3n) is 5.69. The molecule has 2 aromatic rings. The molecule has 1 atom stereocenters. The van der Waals surface area contributed by atoms with Crippen molar-refractivity contribution in [3.8, 4) is 0 Å². The van der Waals surface area contributed by atoms with E-state index in [9.17, 15) is 22.8 Å². The van der Waals surface area contributed by atoms with Crippen molar-refractivity contribution >= 4 is 17.6 Å². The largest absolute Gasteiger partial charge is 0.442 e. The van der Waals surface area contributed by atoms with Crippen molar-refractivity contribution in [2.75, 3.05) is 0 Å². The Balaban J connectivity index is 1.74. The lowest BCUT2D eigenvalue weighted by molar-refractivity contribution is -0.200. The van der Waals surface area contributed by atoms with Gasteiger partial charge in [-0.05, 0) is 18.4 Å². The SMILES string of the molecule is O=C(Cc1ccccc1)NC1(C(F)(F)F)N=C(c2ccccc2)N(C2CCCC2)C1=O. The van der Waals surface area contributed by atoms with Crippen molar-refractivity contribution in [1.82, 2.24) is 10.2 Å². The molecule has 0 radical (unpaired) electrons. The van der Waals surface area contributed by atoms with E-state index in [1.807, 2.05) is 5.32 Å². The van der Waals surface area contributed by atoms with Gasteiger partial charge in [0.1, 0.15) is 5.84 Å². The quantitative estimate of drug-likeness (QED) is 0.785. The molecule has 1 fully saturated rings. The topological polar surface area (TPSA) is 61.8 Å². The molecule has 162 valence electrons. The minimum absolute atomic E-state index is 0.0464. The number of amidine groups is 1. The summed E-state index contributed by atoms with van der Waals surface area (Å²) in [6.07, 6.45) is -2.52. The van der Waals surface area contributed by atoms with Crippen LogP contribution >= 0.6 is 0 Å². The molecule has 0 aromatic heterocycles. The van der Waals surface area contributed by atoms with Crippen LogP contribution in [-0.4, -0.2) is 40.4 Å². The fourth-order valence-corrected chi connectivity index (χ4v) is 4.19. The van der Waals surface area contributed by atoms with Crippen molar-refractivity contribution in [2.24, 2.45) is 4.99 Å². The highest BCUT2D eigenvalue weighted by molar-refractivity contribution is 6.16. The van der Waals surface area contributed by atoms with Crippen LogP contribution in [0.3, 0.4) is 0 Å². The van der Waals surface area contributed by atoms with E-state index >= 15 is 0 Å². The van der Waals surface area contributed by atoms with Gasteiger partial charge in [0.15, 0.2) is 0 Å². The smallest absolute Gasteiger partial charge is 0.316 e. The minimum atomic E-state index is -5.09. The Hall–Kier alpha value is -3.16. The molecule has 0 spiro atoms. The highest BCUT2D eigenvalue weighted by Gasteiger charge is 2.67. The first kappa shape index (κ1) is 21.1. The summed E-state index contributed by atoms with van der Waals surface area (Å²) in [5, 5.41) is 1.94. The molecule has 2 amide bonds. The van der Waals surface area contributed by atoms with Gasteiger partial charge in [0, 0.05) is 11.6 Å². The second kappa shape index (κ2) is 8.17. The van der Waals surface area contributed by atoms with Crippen molar-refractivity contribution in [1.29, 1.82) is 0 Å². The molecule has 4 rings (SSSR count). The molecular weight excluding hydrogens is 407 g/mol. The second-order valence-electron chi connectivity index (χ2n) is 7.83. The molecule has 1 unspecified atom stereocenters. The zero-order valence-electron chi connectivity index (χ0n) is 16.7. The fourth-order valence-electron chi connectivity index (χ4n) is 4.19. The lowest BCUT2D eigenvalue weighted by Gasteiger charge is -2.31. The third-order valence-corrected chi connectivity index (χ3v) is 5.69. The highest BCUT2D eigenvalue weighted by atomic mass is 19.4. The molecule has 1 aliphatic heterocycles. The Bertz CT molecular complexity index is 986. The number of halogens is 3. The molecular formula is C23H22F3N3O2. The van der Waals surface area contributed by atoms with Crippen LogP contribution in [-0.2, 0) is 16.0 Å². The lowest BCUT2D eigenvalue weighted by Crippen LogP contribution is -2.64. The van der Waals surface area contributed by atoms with Gasteiger partial charge in [-0.25, -0.2) is 4.99 Å². The number of nitrogens with one attached hydrogen (secondary N) is 1. The maximum absolute atomic E-state index is 14.3. The van der Waals surface area contributed by atoms with Crippen LogP contribution in [0.1, 0.15) is 36.8 Å². The molecule has 5 nitrogen and oxygen atoms in total. The first-order valence-electron chi connectivity index (χ1n) is 10.2. The number of benzene rings is 2. The molecule has 1 heterocycles. The van der Waals surface area contributed by atoms with Gasteiger partial charge >= 0.3 is 11.8 Å². The molecule has 1 aliphatic carbocycles. The third kappa shape index (κ3) is 3.94. The Kier molecular flexibility index (Phi) is 5.56. The number of carbonyl (C=O) groups excluding carboxylic acids is 2. The van der Waals surface area contributed by atoms with E-state index in [-0.39, 0.29) is 18.3 Å². The average molecular weight is 429 g/mol. The van der Waals surface area contributed by atoms with Crippen LogP contribution in [0.4, 0.5) is 13.2 Å². The van der Waals surface area contributed by atoms with E-state index in [0.29, 0.717) is 24.0 Å². The van der Waals surface area contributed by atoms with Crippen molar-refractivity contribution in [3.05, 3.63) is 71.8 Å². The summed E-state index contributed by atoms with van der Waals surface area (Å²) >= 11 is 0. The predicted octanol–water partition coefficient (Wildman–Crippen LogP) is 3.84. The Labute approximate surface area is 178 Å². The maximum atomic E-state index is 14.3. The fraction of sp³-hybridized carbons (Fsp3) is 0.348. The second-order valence-corrected chi connectivity index (χ2v) is 7.83. The summed E-state index contributed by atoms with van der Waals surface area (Å²) in [5.74, 6) is -2.21. The number of amides is 2. The molecule has 8 heteroatoms. The van der Waals surface area contributed by atoms with Crippen LogP contribution in [0.5, 0.6) is 0 Å². The predicted molar refractivity (Wildman–Crippen MR) is 109 cm³/mol. The average Bonchev–Trinajstić information content (AvgIpc) is 3.36. The van der Waals surface area contributed by atoms with Gasteiger partial charge in [-0.2, -0.15) is 13.2 Å². The van der Waals surface area contributed by atoms with Crippen molar-refractivity contribution in [2.45, 2.75) is 50.0 Å². The molecule has 31 heavy (non-hydrogen) atoms. The normalized spacial score (nSPS) is 22.0. The maximum Gasteiger partial charge on any atom is 0.442 e. The van der Waals surface area contributed by atoms with E-state index in [1.54, 1.807) is 60.7 Å². The molecule has 2 aromatic carbocycles. The van der Waals surface area contributed by atoms with E-state index in [0.717, 1.165) is 17.7 Å². The summed E-state index contributed by atoms with van der Waals surface area (Å²) in [6, 6.07) is 16.4. The van der Waals surface area contributed by atoms with Crippen LogP contribution in [0.15, 0.2) is 65.7 Å². The molecule has 1 saturated carbocycles. The molecule has 2 aliphatic rings. The monoisotopic (exact) mass is 429 g/mol. The Morgan fingerprint density at radius 3 is 2.19 bits per heavy atom. The number of hydrogen-bond acceptors (Lipinski definition) is 3. The zero-order valence-corrected chi connectivity index (χ0v) is 16.7. The van der Waals surface area contributed by atoms with Gasteiger partial charge in [-0.15, -0.1) is 0 Å². The zero-order chi connectivity index (χ0) is 22.1. The number of aliphatic imine (C=N–C) groups is 1. The molecule has 1 N–H and O–H groups in total. The van der Waals surface area contributed by atoms with E-state index < -0.39 is 23.7 Å². The first-order chi connectivity index (χ1) is 14.8. The van der Waals surface area contributed by atoms with Crippen LogP contribution in [0.2, 0.25) is 0 Å². The number of hydrogen-bond donors (Lipinski definition) is 1. The highest BCUT2D eigenvalue weighted by Crippen LogP contribution is 2.41. The first-order valence-corrected chi connectivity index (χ1v) is 10.2. The van der Waals surface area contributed by atoms with Gasteiger partial charge in [0.05, 0.1) is 6.42 Å². The van der Waals surface area contributed by atoms with E-state index in [4.69, 9.17) is 0 Å². The van der Waals surface area contributed by atoms with Crippen LogP contribution in [0, 0.1) is 0 Å². The van der Waals surface area contributed by atoms with Gasteiger partial charge in [-0.3, -0.25) is 14.5 Å². The minimum Gasteiger partial charge on any atom is -0.316 e. The Morgan fingerprint density at radius 2 is 1.61 bits per heavy atom. The van der Waals surface area contributed by atoms with Crippen molar-refractivity contribution in [3.63, 3.8) is 0 Å². The number of nitrogens with zero attached hydrogens (tertiary/aromatic N) is 2. The lowest BCUT2D eigenvalue weighted by atomic mass is 10.1. The van der Waals surface area contributed by atoms with Crippen LogP contribution < -0.4 is 5.32 Å². The standard InChI is InChI=1S/C23H22F3N3O2/c24-23(25,26)22(27-19(30)15-16-9-3-1-4-10-16)21(31)29(18-13-7-8-14-18)20(28-22)17-11-5-2-6-12-17/h1-6,9-12,18H,7-8,13-15H2,(H,27,30). The van der Waals surface area contributed by atoms with Gasteiger partial charge in [0.2, 0.25) is 5.91 Å². The van der Waals surface area contributed by atoms with Gasteiger partial charge < -0.3 is 5.32 Å². The summed E-state index contributed by atoms with van der Waals surface area (Å²) in [7, 11) is 0. The van der Waals surface area contributed by atoms with Gasteiger partial charge in [0.25, 0.3) is 5.91 Å². The molecule has 0 saturated heterocycles. The molecule has 0 bridgehead atoms.